The fraction of sp³-hybridized carbons (Fsp3) is 0.174. The average molecular weight is 430 g/mol. The Morgan fingerprint density at radius 3 is 1.97 bits per heavy atom. The van der Waals surface area contributed by atoms with Gasteiger partial charge in [-0.1, -0.05) is 71.7 Å². The fourth-order valence-corrected chi connectivity index (χ4v) is 3.18. The number of carbonyl (C=O) groups is 1. The minimum Gasteiger partial charge on any atom is -0.485 e. The first-order valence-electron chi connectivity index (χ1n) is 9.08. The zero-order valence-corrected chi connectivity index (χ0v) is 17.4. The van der Waals surface area contributed by atoms with Crippen molar-refractivity contribution in [2.24, 2.45) is 5.73 Å². The van der Waals surface area contributed by atoms with E-state index < -0.39 is 6.04 Å². The number of hydrogen-bond donors (Lipinski definition) is 1. The standard InChI is InChI=1S/C23H21Cl2NO3/c1-15(27)22(26)18-9-6-12-21(28-13-16-7-2-4-10-19(16)24)23(18)29-14-17-8-3-5-11-20(17)25/h2-12,22H,13-14,26H2,1H3. The molecule has 0 saturated heterocycles. The molecule has 6 heteroatoms. The molecule has 3 aromatic carbocycles. The number of ketones is 1. The molecule has 4 nitrogen and oxygen atoms in total. The van der Waals surface area contributed by atoms with Crippen molar-refractivity contribution in [3.8, 4) is 11.5 Å². The van der Waals surface area contributed by atoms with Gasteiger partial charge < -0.3 is 15.2 Å². The zero-order chi connectivity index (χ0) is 20.8. The van der Waals surface area contributed by atoms with E-state index >= 15 is 0 Å². The molecule has 0 aliphatic carbocycles. The molecule has 0 fully saturated rings. The highest BCUT2D eigenvalue weighted by atomic mass is 35.5. The molecule has 0 aliphatic rings. The molecule has 0 aromatic heterocycles. The van der Waals surface area contributed by atoms with Gasteiger partial charge in [0.1, 0.15) is 13.2 Å². The lowest BCUT2D eigenvalue weighted by Crippen LogP contribution is -2.20. The summed E-state index contributed by atoms with van der Waals surface area (Å²) in [6, 6.07) is 19.3. The van der Waals surface area contributed by atoms with Gasteiger partial charge in [0.15, 0.2) is 17.3 Å². The first-order valence-corrected chi connectivity index (χ1v) is 9.84. The second-order valence-electron chi connectivity index (χ2n) is 6.52. The summed E-state index contributed by atoms with van der Waals surface area (Å²) < 4.78 is 12.0. The summed E-state index contributed by atoms with van der Waals surface area (Å²) in [5, 5.41) is 1.21. The van der Waals surface area contributed by atoms with Crippen LogP contribution < -0.4 is 15.2 Å². The highest BCUT2D eigenvalue weighted by Gasteiger charge is 2.20. The summed E-state index contributed by atoms with van der Waals surface area (Å²) in [6.07, 6.45) is 0. The number of hydrogen-bond acceptors (Lipinski definition) is 4. The average Bonchev–Trinajstić information content (AvgIpc) is 2.72. The van der Waals surface area contributed by atoms with Gasteiger partial charge in [0.2, 0.25) is 0 Å². The van der Waals surface area contributed by atoms with Gasteiger partial charge in [0.05, 0.1) is 6.04 Å². The molecule has 1 unspecified atom stereocenters. The second-order valence-corrected chi connectivity index (χ2v) is 7.34. The van der Waals surface area contributed by atoms with Crippen LogP contribution in [0.4, 0.5) is 0 Å². The molecule has 0 radical (unpaired) electrons. The second kappa shape index (κ2) is 9.79. The first kappa shape index (κ1) is 21.2. The van der Waals surface area contributed by atoms with Crippen LogP contribution in [0, 0.1) is 0 Å². The number of rotatable bonds is 8. The van der Waals surface area contributed by atoms with E-state index in [0.29, 0.717) is 27.1 Å². The van der Waals surface area contributed by atoms with Crippen LogP contribution in [0.15, 0.2) is 66.7 Å². The third kappa shape index (κ3) is 5.30. The molecule has 150 valence electrons. The molecule has 29 heavy (non-hydrogen) atoms. The van der Waals surface area contributed by atoms with E-state index in [9.17, 15) is 4.79 Å². The summed E-state index contributed by atoms with van der Waals surface area (Å²) in [5.41, 5.74) is 8.32. The van der Waals surface area contributed by atoms with Gasteiger partial charge >= 0.3 is 0 Å². The molecule has 0 spiro atoms. The van der Waals surface area contributed by atoms with Gasteiger partial charge in [-0.15, -0.1) is 0 Å². The van der Waals surface area contributed by atoms with E-state index in [1.54, 1.807) is 30.3 Å². The summed E-state index contributed by atoms with van der Waals surface area (Å²) in [4.78, 5) is 11.9. The zero-order valence-electron chi connectivity index (χ0n) is 15.9. The Labute approximate surface area is 180 Å². The molecular formula is C23H21Cl2NO3. The van der Waals surface area contributed by atoms with Crippen LogP contribution in [0.3, 0.4) is 0 Å². The number of halogens is 2. The van der Waals surface area contributed by atoms with Crippen molar-refractivity contribution in [1.82, 2.24) is 0 Å². The van der Waals surface area contributed by atoms with Crippen molar-refractivity contribution in [3.63, 3.8) is 0 Å². The topological polar surface area (TPSA) is 61.6 Å². The Balaban J connectivity index is 1.90. The number of benzene rings is 3. The van der Waals surface area contributed by atoms with Crippen LogP contribution in [0.1, 0.15) is 29.7 Å². The van der Waals surface area contributed by atoms with Gasteiger partial charge in [-0.2, -0.15) is 0 Å². The lowest BCUT2D eigenvalue weighted by Gasteiger charge is -2.19. The van der Waals surface area contributed by atoms with E-state index in [-0.39, 0.29) is 19.0 Å². The Kier molecular flexibility index (Phi) is 7.15. The van der Waals surface area contributed by atoms with Crippen molar-refractivity contribution in [2.75, 3.05) is 0 Å². The van der Waals surface area contributed by atoms with Gasteiger partial charge in [-0.3, -0.25) is 4.79 Å². The van der Waals surface area contributed by atoms with Crippen LogP contribution in [0.2, 0.25) is 10.0 Å². The Hall–Kier alpha value is -2.53. The lowest BCUT2D eigenvalue weighted by molar-refractivity contribution is -0.118. The van der Waals surface area contributed by atoms with Crippen LogP contribution in [-0.4, -0.2) is 5.78 Å². The largest absolute Gasteiger partial charge is 0.485 e. The highest BCUT2D eigenvalue weighted by Crippen LogP contribution is 2.36. The van der Waals surface area contributed by atoms with Crippen molar-refractivity contribution in [1.29, 1.82) is 0 Å². The van der Waals surface area contributed by atoms with E-state index in [1.807, 2.05) is 36.4 Å². The molecule has 3 rings (SSSR count). The van der Waals surface area contributed by atoms with Gasteiger partial charge in [0.25, 0.3) is 0 Å². The van der Waals surface area contributed by atoms with Crippen molar-refractivity contribution in [2.45, 2.75) is 26.2 Å². The predicted octanol–water partition coefficient (Wildman–Crippen LogP) is 5.74. The van der Waals surface area contributed by atoms with Crippen LogP contribution >= 0.6 is 23.2 Å². The summed E-state index contributed by atoms with van der Waals surface area (Å²) >= 11 is 12.5. The van der Waals surface area contributed by atoms with Crippen molar-refractivity contribution in [3.05, 3.63) is 93.5 Å². The third-order valence-corrected chi connectivity index (χ3v) is 5.19. The lowest BCUT2D eigenvalue weighted by atomic mass is 10.0. The number of Topliss-reactive ketones (excluding diaryl/α,β-unsaturated/α-hetero) is 1. The van der Waals surface area contributed by atoms with Crippen LogP contribution in [-0.2, 0) is 18.0 Å². The number of ether oxygens (including phenoxy) is 2. The quantitative estimate of drug-likeness (QED) is 0.495. The molecular weight excluding hydrogens is 409 g/mol. The SMILES string of the molecule is CC(=O)C(N)c1cccc(OCc2ccccc2Cl)c1OCc1ccccc1Cl. The fourth-order valence-electron chi connectivity index (χ4n) is 2.80. The molecule has 0 saturated carbocycles. The number of para-hydroxylation sites is 1. The maximum atomic E-state index is 11.9. The normalized spacial score (nSPS) is 11.7. The highest BCUT2D eigenvalue weighted by molar-refractivity contribution is 6.31. The van der Waals surface area contributed by atoms with E-state index in [4.69, 9.17) is 38.4 Å². The minimum atomic E-state index is -0.819. The van der Waals surface area contributed by atoms with Gasteiger partial charge in [0, 0.05) is 26.7 Å². The van der Waals surface area contributed by atoms with E-state index in [1.165, 1.54) is 6.92 Å². The van der Waals surface area contributed by atoms with E-state index in [2.05, 4.69) is 0 Å². The third-order valence-electron chi connectivity index (χ3n) is 4.45. The van der Waals surface area contributed by atoms with Gasteiger partial charge in [-0.05, 0) is 25.1 Å². The van der Waals surface area contributed by atoms with Crippen molar-refractivity contribution >= 4 is 29.0 Å². The molecule has 0 aliphatic heterocycles. The first-order chi connectivity index (χ1) is 14.0. The summed E-state index contributed by atoms with van der Waals surface area (Å²) in [5.74, 6) is 0.726. The van der Waals surface area contributed by atoms with Crippen LogP contribution in [0.5, 0.6) is 11.5 Å². The molecule has 0 amide bonds. The predicted molar refractivity (Wildman–Crippen MR) is 116 cm³/mol. The molecule has 2 N–H and O–H groups in total. The number of carbonyl (C=O) groups excluding carboxylic acids is 1. The Morgan fingerprint density at radius 2 is 1.41 bits per heavy atom. The summed E-state index contributed by atoms with van der Waals surface area (Å²) in [6.45, 7) is 1.91. The molecule has 1 atom stereocenters. The molecule has 0 bridgehead atoms. The minimum absolute atomic E-state index is 0.171. The summed E-state index contributed by atoms with van der Waals surface area (Å²) in [7, 11) is 0. The molecule has 3 aromatic rings. The Bertz CT molecular complexity index is 1010. The monoisotopic (exact) mass is 429 g/mol. The van der Waals surface area contributed by atoms with Gasteiger partial charge in [-0.25, -0.2) is 0 Å². The van der Waals surface area contributed by atoms with Crippen molar-refractivity contribution < 1.29 is 14.3 Å². The Morgan fingerprint density at radius 1 is 0.862 bits per heavy atom. The van der Waals surface area contributed by atoms with Crippen LogP contribution in [0.25, 0.3) is 0 Å². The van der Waals surface area contributed by atoms with E-state index in [0.717, 1.165) is 11.1 Å². The number of nitrogens with two attached hydrogens (primary N) is 1. The smallest absolute Gasteiger partial charge is 0.166 e. The maximum Gasteiger partial charge on any atom is 0.166 e. The molecule has 0 heterocycles. The maximum absolute atomic E-state index is 11.9.